The van der Waals surface area contributed by atoms with Crippen LogP contribution in [0.1, 0.15) is 19.6 Å². The highest BCUT2D eigenvalue weighted by atomic mass is 35.5. The summed E-state index contributed by atoms with van der Waals surface area (Å²) < 4.78 is 5.76. The van der Waals surface area contributed by atoms with Crippen molar-refractivity contribution in [2.45, 2.75) is 25.9 Å². The molecule has 0 aliphatic rings. The van der Waals surface area contributed by atoms with E-state index in [0.717, 1.165) is 11.3 Å². The number of aliphatic hydroxyl groups excluding tert-OH is 1. The molecule has 2 N–H and O–H groups in total. The van der Waals surface area contributed by atoms with Gasteiger partial charge in [0.05, 0.1) is 18.2 Å². The molecule has 0 radical (unpaired) electrons. The first-order valence-corrected chi connectivity index (χ1v) is 7.07. The number of nitrogens with one attached hydrogen (secondary N) is 1. The van der Waals surface area contributed by atoms with Gasteiger partial charge in [0.25, 0.3) is 0 Å². The van der Waals surface area contributed by atoms with Crippen molar-refractivity contribution < 1.29 is 9.52 Å². The summed E-state index contributed by atoms with van der Waals surface area (Å²) in [4.78, 5) is 0. The van der Waals surface area contributed by atoms with E-state index in [9.17, 15) is 5.11 Å². The highest BCUT2D eigenvalue weighted by Gasteiger charge is 2.16. The summed E-state index contributed by atoms with van der Waals surface area (Å²) in [5.41, 5.74) is 0.424. The minimum Gasteiger partial charge on any atom is -0.460 e. The molecule has 0 unspecified atom stereocenters. The van der Waals surface area contributed by atoms with Crippen LogP contribution in [0, 0.1) is 0 Å². The summed E-state index contributed by atoms with van der Waals surface area (Å²) in [7, 11) is 0. The van der Waals surface area contributed by atoms with Gasteiger partial charge in [0.2, 0.25) is 0 Å². The molecule has 0 saturated heterocycles. The average Bonchev–Trinajstić information content (AvgIpc) is 2.88. The lowest BCUT2D eigenvalue weighted by molar-refractivity contribution is 0.184. The van der Waals surface area contributed by atoms with Crippen LogP contribution in [0.4, 0.5) is 0 Å². The third-order valence-electron chi connectivity index (χ3n) is 2.99. The Morgan fingerprint density at radius 1 is 1.19 bits per heavy atom. The monoisotopic (exact) mass is 349 g/mol. The van der Waals surface area contributed by atoms with E-state index < -0.39 is 0 Å². The van der Waals surface area contributed by atoms with E-state index in [1.807, 2.05) is 26.0 Å². The van der Waals surface area contributed by atoms with Gasteiger partial charge in [-0.15, -0.1) is 12.4 Å². The lowest BCUT2D eigenvalue weighted by Gasteiger charge is -2.22. The van der Waals surface area contributed by atoms with Crippen LogP contribution in [0.5, 0.6) is 0 Å². The van der Waals surface area contributed by atoms with E-state index in [1.165, 1.54) is 0 Å². The van der Waals surface area contributed by atoms with Gasteiger partial charge in [-0.25, -0.2) is 0 Å². The van der Waals surface area contributed by atoms with Crippen molar-refractivity contribution >= 4 is 35.6 Å². The number of benzene rings is 1. The minimum absolute atomic E-state index is 0. The first-order chi connectivity index (χ1) is 9.41. The SMILES string of the molecule is CC(C)(CO)NCc1ccc(-c2cc(Cl)ccc2Cl)o1.Cl. The van der Waals surface area contributed by atoms with Crippen LogP contribution in [-0.2, 0) is 6.54 Å². The van der Waals surface area contributed by atoms with Gasteiger partial charge in [-0.2, -0.15) is 0 Å². The van der Waals surface area contributed by atoms with Crippen LogP contribution in [0.3, 0.4) is 0 Å². The second-order valence-electron chi connectivity index (χ2n) is 5.29. The summed E-state index contributed by atoms with van der Waals surface area (Å²) in [6.45, 7) is 4.43. The Bertz CT molecular complexity index is 596. The highest BCUT2D eigenvalue weighted by molar-refractivity contribution is 6.35. The fourth-order valence-electron chi connectivity index (χ4n) is 1.69. The maximum atomic E-state index is 9.20. The fourth-order valence-corrected chi connectivity index (χ4v) is 2.07. The smallest absolute Gasteiger partial charge is 0.135 e. The quantitative estimate of drug-likeness (QED) is 0.832. The second kappa shape index (κ2) is 7.52. The number of aliphatic hydroxyl groups is 1. The zero-order valence-corrected chi connectivity index (χ0v) is 14.1. The van der Waals surface area contributed by atoms with Gasteiger partial charge in [-0.05, 0) is 44.2 Å². The summed E-state index contributed by atoms with van der Waals surface area (Å²) in [5.74, 6) is 1.45. The van der Waals surface area contributed by atoms with E-state index in [4.69, 9.17) is 27.6 Å². The molecule has 0 atom stereocenters. The Morgan fingerprint density at radius 3 is 2.57 bits per heavy atom. The molecule has 1 heterocycles. The maximum Gasteiger partial charge on any atom is 0.135 e. The fraction of sp³-hybridized carbons (Fsp3) is 0.333. The first-order valence-electron chi connectivity index (χ1n) is 6.31. The van der Waals surface area contributed by atoms with Crippen LogP contribution in [0.15, 0.2) is 34.7 Å². The molecule has 116 valence electrons. The number of furan rings is 1. The third kappa shape index (κ3) is 4.90. The van der Waals surface area contributed by atoms with Crippen LogP contribution in [0.2, 0.25) is 10.0 Å². The van der Waals surface area contributed by atoms with Crippen molar-refractivity contribution in [2.24, 2.45) is 0 Å². The van der Waals surface area contributed by atoms with Gasteiger partial charge in [0, 0.05) is 16.1 Å². The van der Waals surface area contributed by atoms with Crippen LogP contribution < -0.4 is 5.32 Å². The predicted molar refractivity (Wildman–Crippen MR) is 89.4 cm³/mol. The largest absolute Gasteiger partial charge is 0.460 e. The molecule has 3 nitrogen and oxygen atoms in total. The topological polar surface area (TPSA) is 45.4 Å². The second-order valence-corrected chi connectivity index (χ2v) is 6.13. The molecular formula is C15H18Cl3NO2. The van der Waals surface area contributed by atoms with Crippen LogP contribution in [0.25, 0.3) is 11.3 Å². The Morgan fingerprint density at radius 2 is 1.90 bits per heavy atom. The van der Waals surface area contributed by atoms with E-state index in [0.29, 0.717) is 22.4 Å². The Kier molecular flexibility index (Phi) is 6.57. The molecule has 1 aromatic heterocycles. The van der Waals surface area contributed by atoms with Gasteiger partial charge < -0.3 is 14.8 Å². The van der Waals surface area contributed by atoms with Gasteiger partial charge in [0.15, 0.2) is 0 Å². The molecule has 1 aromatic carbocycles. The summed E-state index contributed by atoms with van der Waals surface area (Å²) in [6, 6.07) is 9.00. The molecule has 0 aliphatic carbocycles. The van der Waals surface area contributed by atoms with Crippen molar-refractivity contribution in [1.29, 1.82) is 0 Å². The van der Waals surface area contributed by atoms with E-state index in [1.54, 1.807) is 18.2 Å². The normalized spacial score (nSPS) is 11.3. The summed E-state index contributed by atoms with van der Waals surface area (Å²) in [6.07, 6.45) is 0. The molecule has 0 fully saturated rings. The standard InChI is InChI=1S/C15H17Cl2NO2.ClH/c1-15(2,9-19)18-8-11-4-6-14(20-11)12-7-10(16)3-5-13(12)17;/h3-7,18-19H,8-9H2,1-2H3;1H. The predicted octanol–water partition coefficient (Wildman–Crippen LogP) is 4.54. The highest BCUT2D eigenvalue weighted by Crippen LogP contribution is 2.31. The Hall–Kier alpha value is -0.710. The molecule has 0 saturated carbocycles. The van der Waals surface area contributed by atoms with Crippen molar-refractivity contribution in [3.63, 3.8) is 0 Å². The van der Waals surface area contributed by atoms with Gasteiger partial charge in [0.1, 0.15) is 11.5 Å². The lowest BCUT2D eigenvalue weighted by atomic mass is 10.1. The first kappa shape index (κ1) is 18.3. The van der Waals surface area contributed by atoms with Crippen molar-refractivity contribution in [3.05, 3.63) is 46.1 Å². The van der Waals surface area contributed by atoms with Crippen molar-refractivity contribution in [1.82, 2.24) is 5.32 Å². The zero-order chi connectivity index (χ0) is 14.8. The molecule has 2 aromatic rings. The number of rotatable bonds is 5. The molecular weight excluding hydrogens is 333 g/mol. The Balaban J connectivity index is 0.00000220. The molecule has 21 heavy (non-hydrogen) atoms. The molecule has 6 heteroatoms. The van der Waals surface area contributed by atoms with E-state index >= 15 is 0 Å². The van der Waals surface area contributed by atoms with Gasteiger partial charge >= 0.3 is 0 Å². The van der Waals surface area contributed by atoms with Crippen molar-refractivity contribution in [3.8, 4) is 11.3 Å². The van der Waals surface area contributed by atoms with E-state index in [-0.39, 0.29) is 24.6 Å². The third-order valence-corrected chi connectivity index (χ3v) is 3.56. The lowest BCUT2D eigenvalue weighted by Crippen LogP contribution is -2.41. The number of hydrogen-bond acceptors (Lipinski definition) is 3. The van der Waals surface area contributed by atoms with Crippen LogP contribution >= 0.6 is 35.6 Å². The summed E-state index contributed by atoms with van der Waals surface area (Å²) in [5, 5.41) is 13.6. The van der Waals surface area contributed by atoms with Gasteiger partial charge in [-0.1, -0.05) is 23.2 Å². The average molecular weight is 351 g/mol. The molecule has 0 amide bonds. The minimum atomic E-state index is -0.347. The van der Waals surface area contributed by atoms with Gasteiger partial charge in [-0.3, -0.25) is 0 Å². The van der Waals surface area contributed by atoms with E-state index in [2.05, 4.69) is 5.32 Å². The molecule has 0 spiro atoms. The summed E-state index contributed by atoms with van der Waals surface area (Å²) >= 11 is 12.1. The number of hydrogen-bond donors (Lipinski definition) is 2. The molecule has 0 bridgehead atoms. The number of halogens is 3. The molecule has 0 aliphatic heterocycles. The zero-order valence-electron chi connectivity index (χ0n) is 11.8. The van der Waals surface area contributed by atoms with Crippen molar-refractivity contribution in [2.75, 3.05) is 6.61 Å². The molecule has 2 rings (SSSR count). The Labute approximate surface area is 140 Å². The van der Waals surface area contributed by atoms with Crippen LogP contribution in [-0.4, -0.2) is 17.3 Å². The maximum absolute atomic E-state index is 9.20.